The lowest BCUT2D eigenvalue weighted by Gasteiger charge is -1.97. The molecule has 62 valence electrons. The number of hydrogen-bond donors (Lipinski definition) is 1. The highest BCUT2D eigenvalue weighted by Crippen LogP contribution is 2.01. The summed E-state index contributed by atoms with van der Waals surface area (Å²) < 4.78 is 5.06. The van der Waals surface area contributed by atoms with Crippen molar-refractivity contribution < 1.29 is 4.43 Å². The van der Waals surface area contributed by atoms with Gasteiger partial charge in [-0.15, -0.1) is 0 Å². The first-order valence-corrected chi connectivity index (χ1v) is 5.68. The van der Waals surface area contributed by atoms with Crippen molar-refractivity contribution in [3.8, 4) is 0 Å². The molecule has 0 aromatic rings. The molecule has 0 amide bonds. The van der Waals surface area contributed by atoms with Gasteiger partial charge in [0.25, 0.3) is 0 Å². The third kappa shape index (κ3) is 8.14. The highest BCUT2D eigenvalue weighted by Gasteiger charge is 1.88. The second-order valence-corrected chi connectivity index (χ2v) is 4.24. The fraction of sp³-hybridized carbons (Fsp3) is 1.00. The molecule has 0 fully saturated rings. The Morgan fingerprint density at radius 2 is 1.90 bits per heavy atom. The Labute approximate surface area is 66.1 Å². The molecular weight excluding hydrogens is 142 g/mol. The fourth-order valence-electron chi connectivity index (χ4n) is 0.921. The van der Waals surface area contributed by atoms with Crippen molar-refractivity contribution in [1.82, 2.24) is 0 Å². The smallest absolute Gasteiger partial charge is 0.161 e. The van der Waals surface area contributed by atoms with Crippen LogP contribution in [0.1, 0.15) is 25.7 Å². The van der Waals surface area contributed by atoms with E-state index in [1.807, 2.05) is 7.11 Å². The Balaban J connectivity index is 2.65. The lowest BCUT2D eigenvalue weighted by atomic mass is 10.2. The molecule has 0 aromatic carbocycles. The molecule has 0 radical (unpaired) electrons. The average Bonchev–Trinajstić information content (AvgIpc) is 1.97. The van der Waals surface area contributed by atoms with Gasteiger partial charge in [-0.2, -0.15) is 0 Å². The molecular formula is C7H19NOSi. The fourth-order valence-corrected chi connectivity index (χ4v) is 1.77. The molecule has 0 unspecified atom stereocenters. The van der Waals surface area contributed by atoms with Crippen molar-refractivity contribution in [2.75, 3.05) is 13.7 Å². The summed E-state index contributed by atoms with van der Waals surface area (Å²) in [4.78, 5) is 0. The van der Waals surface area contributed by atoms with E-state index in [-0.39, 0.29) is 9.76 Å². The maximum absolute atomic E-state index is 5.35. The van der Waals surface area contributed by atoms with Crippen LogP contribution in [0, 0.1) is 0 Å². The van der Waals surface area contributed by atoms with Crippen LogP contribution in [-0.4, -0.2) is 23.4 Å². The third-order valence-corrected chi connectivity index (χ3v) is 2.75. The summed E-state index contributed by atoms with van der Waals surface area (Å²) in [6.45, 7) is 0.849. The molecule has 0 spiro atoms. The van der Waals surface area contributed by atoms with E-state index >= 15 is 0 Å². The Bertz CT molecular complexity index is 53.6. The van der Waals surface area contributed by atoms with Crippen LogP contribution in [-0.2, 0) is 4.43 Å². The van der Waals surface area contributed by atoms with Gasteiger partial charge in [-0.3, -0.25) is 0 Å². The zero-order chi connectivity index (χ0) is 7.66. The van der Waals surface area contributed by atoms with Crippen LogP contribution in [0.2, 0.25) is 6.04 Å². The highest BCUT2D eigenvalue weighted by molar-refractivity contribution is 6.26. The molecule has 0 bridgehead atoms. The summed E-state index contributed by atoms with van der Waals surface area (Å²) in [5.41, 5.74) is 5.35. The largest absolute Gasteiger partial charge is 0.427 e. The van der Waals surface area contributed by atoms with Gasteiger partial charge in [-0.1, -0.05) is 19.3 Å². The van der Waals surface area contributed by atoms with Crippen LogP contribution in [0.3, 0.4) is 0 Å². The van der Waals surface area contributed by atoms with Crippen molar-refractivity contribution in [3.63, 3.8) is 0 Å². The average molecular weight is 161 g/mol. The molecule has 0 saturated heterocycles. The monoisotopic (exact) mass is 161 g/mol. The number of nitrogens with two attached hydrogens (primary N) is 1. The van der Waals surface area contributed by atoms with Crippen molar-refractivity contribution in [2.45, 2.75) is 31.7 Å². The highest BCUT2D eigenvalue weighted by atomic mass is 28.2. The molecule has 0 atom stereocenters. The third-order valence-electron chi connectivity index (χ3n) is 1.55. The standard InChI is InChI=1S/C7H19NOSi/c1-9-10-7-5-3-2-4-6-8/h2-8,10H2,1H3. The second kappa shape index (κ2) is 9.14. The zero-order valence-electron chi connectivity index (χ0n) is 6.94. The van der Waals surface area contributed by atoms with Crippen molar-refractivity contribution in [2.24, 2.45) is 5.73 Å². The summed E-state index contributed by atoms with van der Waals surface area (Å²) in [6, 6.07) is 1.33. The molecule has 0 aliphatic carbocycles. The quantitative estimate of drug-likeness (QED) is 0.439. The van der Waals surface area contributed by atoms with E-state index in [4.69, 9.17) is 10.2 Å². The van der Waals surface area contributed by atoms with Gasteiger partial charge in [-0.25, -0.2) is 0 Å². The molecule has 0 heterocycles. The van der Waals surface area contributed by atoms with Crippen molar-refractivity contribution in [1.29, 1.82) is 0 Å². The normalized spacial score (nSPS) is 11.4. The van der Waals surface area contributed by atoms with Gasteiger partial charge < -0.3 is 10.2 Å². The van der Waals surface area contributed by atoms with Gasteiger partial charge in [0.1, 0.15) is 0 Å². The molecule has 3 heteroatoms. The minimum absolute atomic E-state index is 0.144. The SMILES string of the molecule is CO[SiH2]CCCCCCN. The summed E-state index contributed by atoms with van der Waals surface area (Å²) in [6.07, 6.45) is 5.18. The molecule has 0 aliphatic heterocycles. The summed E-state index contributed by atoms with van der Waals surface area (Å²) in [5, 5.41) is 0. The Hall–Kier alpha value is 0.137. The predicted molar refractivity (Wildman–Crippen MR) is 47.9 cm³/mol. The van der Waals surface area contributed by atoms with Crippen LogP contribution in [0.4, 0.5) is 0 Å². The van der Waals surface area contributed by atoms with E-state index in [9.17, 15) is 0 Å². The number of unbranched alkanes of at least 4 members (excludes halogenated alkanes) is 3. The van der Waals surface area contributed by atoms with Crippen molar-refractivity contribution >= 4 is 9.76 Å². The first-order chi connectivity index (χ1) is 4.91. The molecule has 0 rings (SSSR count). The van der Waals surface area contributed by atoms with Gasteiger partial charge in [0.15, 0.2) is 9.76 Å². The van der Waals surface area contributed by atoms with Crippen LogP contribution in [0.15, 0.2) is 0 Å². The maximum Gasteiger partial charge on any atom is 0.161 e. The van der Waals surface area contributed by atoms with Crippen LogP contribution in [0.25, 0.3) is 0 Å². The number of hydrogen-bond acceptors (Lipinski definition) is 2. The van der Waals surface area contributed by atoms with Crippen LogP contribution in [0.5, 0.6) is 0 Å². The minimum Gasteiger partial charge on any atom is -0.427 e. The second-order valence-electron chi connectivity index (χ2n) is 2.55. The molecule has 2 N–H and O–H groups in total. The van der Waals surface area contributed by atoms with Gasteiger partial charge in [0.05, 0.1) is 0 Å². The van der Waals surface area contributed by atoms with Gasteiger partial charge in [0, 0.05) is 7.11 Å². The summed E-state index contributed by atoms with van der Waals surface area (Å²) in [7, 11) is 1.67. The van der Waals surface area contributed by atoms with E-state index in [0.717, 1.165) is 6.54 Å². The predicted octanol–water partition coefficient (Wildman–Crippen LogP) is 0.654. The molecule has 0 saturated carbocycles. The van der Waals surface area contributed by atoms with Gasteiger partial charge in [-0.05, 0) is 19.0 Å². The van der Waals surface area contributed by atoms with Crippen LogP contribution < -0.4 is 5.73 Å². The topological polar surface area (TPSA) is 35.2 Å². The lowest BCUT2D eigenvalue weighted by molar-refractivity contribution is 0.438. The Morgan fingerprint density at radius 1 is 1.20 bits per heavy atom. The Morgan fingerprint density at radius 3 is 2.50 bits per heavy atom. The summed E-state index contributed by atoms with van der Waals surface area (Å²) >= 11 is 0. The lowest BCUT2D eigenvalue weighted by Crippen LogP contribution is -1.98. The first-order valence-electron chi connectivity index (χ1n) is 4.11. The molecule has 0 aromatic heterocycles. The van der Waals surface area contributed by atoms with Gasteiger partial charge >= 0.3 is 0 Å². The minimum atomic E-state index is -0.144. The van der Waals surface area contributed by atoms with E-state index < -0.39 is 0 Å². The van der Waals surface area contributed by atoms with Crippen LogP contribution >= 0.6 is 0 Å². The van der Waals surface area contributed by atoms with E-state index in [0.29, 0.717) is 0 Å². The molecule has 10 heavy (non-hydrogen) atoms. The Kier molecular flexibility index (Phi) is 9.26. The molecule has 0 aliphatic rings. The molecule has 2 nitrogen and oxygen atoms in total. The maximum atomic E-state index is 5.35. The van der Waals surface area contributed by atoms with E-state index in [2.05, 4.69) is 0 Å². The van der Waals surface area contributed by atoms with E-state index in [1.165, 1.54) is 31.7 Å². The van der Waals surface area contributed by atoms with Crippen molar-refractivity contribution in [3.05, 3.63) is 0 Å². The van der Waals surface area contributed by atoms with E-state index in [1.54, 1.807) is 0 Å². The zero-order valence-corrected chi connectivity index (χ0v) is 8.35. The van der Waals surface area contributed by atoms with Gasteiger partial charge in [0.2, 0.25) is 0 Å². The first kappa shape index (κ1) is 10.1. The summed E-state index contributed by atoms with van der Waals surface area (Å²) in [5.74, 6) is 0. The number of rotatable bonds is 7.